The Hall–Kier alpha value is -2.70. The fourth-order valence-electron chi connectivity index (χ4n) is 3.56. The molecule has 0 unspecified atom stereocenters. The van der Waals surface area contributed by atoms with Gasteiger partial charge in [-0.15, -0.1) is 0 Å². The average molecular weight is 357 g/mol. The number of fused-ring (bicyclic) bond motifs is 1. The molecule has 7 nitrogen and oxygen atoms in total. The van der Waals surface area contributed by atoms with Crippen molar-refractivity contribution in [1.29, 1.82) is 0 Å². The molecule has 1 aromatic heterocycles. The molecule has 3 rings (SSSR count). The van der Waals surface area contributed by atoms with Crippen molar-refractivity contribution in [2.75, 3.05) is 6.54 Å². The average Bonchev–Trinajstić information content (AvgIpc) is 3.13. The SMILES string of the molecule is CCCC[C@H](C(=O)N1CCC[C@@H]1C(=O)O)n1cnc2ccccc2c1=O. The second kappa shape index (κ2) is 7.68. The number of nitrogens with zero attached hydrogens (tertiary/aromatic N) is 3. The van der Waals surface area contributed by atoms with Gasteiger partial charge in [-0.1, -0.05) is 31.9 Å². The molecule has 26 heavy (non-hydrogen) atoms. The van der Waals surface area contributed by atoms with Crippen molar-refractivity contribution in [1.82, 2.24) is 14.5 Å². The number of benzene rings is 1. The summed E-state index contributed by atoms with van der Waals surface area (Å²) in [5.41, 5.74) is 0.316. The van der Waals surface area contributed by atoms with Crippen LogP contribution in [-0.4, -0.2) is 44.0 Å². The second-order valence-electron chi connectivity index (χ2n) is 6.66. The minimum Gasteiger partial charge on any atom is -0.480 e. The summed E-state index contributed by atoms with van der Waals surface area (Å²) in [6, 6.07) is 5.49. The van der Waals surface area contributed by atoms with Crippen LogP contribution in [-0.2, 0) is 9.59 Å². The molecule has 2 heterocycles. The summed E-state index contributed by atoms with van der Waals surface area (Å²) in [7, 11) is 0. The van der Waals surface area contributed by atoms with Crippen molar-refractivity contribution in [3.05, 3.63) is 40.9 Å². The summed E-state index contributed by atoms with van der Waals surface area (Å²) < 4.78 is 1.37. The molecular weight excluding hydrogens is 334 g/mol. The topological polar surface area (TPSA) is 92.5 Å². The highest BCUT2D eigenvalue weighted by atomic mass is 16.4. The number of carboxylic acids is 1. The van der Waals surface area contributed by atoms with E-state index in [0.717, 1.165) is 12.8 Å². The van der Waals surface area contributed by atoms with E-state index in [0.29, 0.717) is 36.7 Å². The van der Waals surface area contributed by atoms with Crippen molar-refractivity contribution in [3.8, 4) is 0 Å². The Morgan fingerprint density at radius 2 is 2.12 bits per heavy atom. The first-order chi connectivity index (χ1) is 12.5. The molecule has 1 amide bonds. The number of hydrogen-bond acceptors (Lipinski definition) is 4. The molecule has 7 heteroatoms. The molecule has 138 valence electrons. The molecule has 0 spiro atoms. The zero-order valence-electron chi connectivity index (χ0n) is 14.8. The number of carboxylic acid groups (broad SMARTS) is 1. The summed E-state index contributed by atoms with van der Waals surface area (Å²) in [4.78, 5) is 43.2. The maximum atomic E-state index is 13.1. The fourth-order valence-corrected chi connectivity index (χ4v) is 3.56. The Balaban J connectivity index is 2.01. The standard InChI is InChI=1S/C19H23N3O4/c1-2-3-9-15(18(24)21-11-6-10-16(21)19(25)26)22-12-20-14-8-5-4-7-13(14)17(22)23/h4-5,7-8,12,15-16H,2-3,6,9-11H2,1H3,(H,25,26)/t15-,16-/m1/s1. The lowest BCUT2D eigenvalue weighted by Crippen LogP contribution is -2.45. The van der Waals surface area contributed by atoms with Gasteiger partial charge >= 0.3 is 5.97 Å². The van der Waals surface area contributed by atoms with E-state index in [-0.39, 0.29) is 11.5 Å². The molecule has 0 aliphatic carbocycles. The Kier molecular flexibility index (Phi) is 5.35. The lowest BCUT2D eigenvalue weighted by atomic mass is 10.1. The van der Waals surface area contributed by atoms with Gasteiger partial charge in [0.1, 0.15) is 12.1 Å². The van der Waals surface area contributed by atoms with Gasteiger partial charge in [0, 0.05) is 6.54 Å². The number of unbranched alkanes of at least 4 members (excludes halogenated alkanes) is 1. The number of para-hydroxylation sites is 1. The van der Waals surface area contributed by atoms with Crippen molar-refractivity contribution in [2.45, 2.75) is 51.1 Å². The Labute approximate surface area is 151 Å². The first-order valence-electron chi connectivity index (χ1n) is 9.03. The largest absolute Gasteiger partial charge is 0.480 e. The number of amides is 1. The molecule has 0 bridgehead atoms. The number of rotatable bonds is 6. The molecule has 1 aromatic carbocycles. The lowest BCUT2D eigenvalue weighted by Gasteiger charge is -2.27. The van der Waals surface area contributed by atoms with Gasteiger partial charge in [0.2, 0.25) is 5.91 Å². The number of carbonyl (C=O) groups is 2. The van der Waals surface area contributed by atoms with Gasteiger partial charge in [0.15, 0.2) is 0 Å². The van der Waals surface area contributed by atoms with E-state index in [4.69, 9.17) is 0 Å². The molecular formula is C19H23N3O4. The van der Waals surface area contributed by atoms with Gasteiger partial charge < -0.3 is 10.0 Å². The van der Waals surface area contributed by atoms with Crippen molar-refractivity contribution in [2.24, 2.45) is 0 Å². The summed E-state index contributed by atoms with van der Waals surface area (Å²) in [5.74, 6) is -1.29. The summed E-state index contributed by atoms with van der Waals surface area (Å²) in [6.07, 6.45) is 4.65. The number of aliphatic carboxylic acids is 1. The number of carbonyl (C=O) groups excluding carboxylic acids is 1. The van der Waals surface area contributed by atoms with Crippen LogP contribution in [0.1, 0.15) is 45.1 Å². The number of aromatic nitrogens is 2. The predicted molar refractivity (Wildman–Crippen MR) is 96.9 cm³/mol. The van der Waals surface area contributed by atoms with Crippen molar-refractivity contribution >= 4 is 22.8 Å². The Morgan fingerprint density at radius 1 is 1.35 bits per heavy atom. The van der Waals surface area contributed by atoms with Gasteiger partial charge in [-0.05, 0) is 31.4 Å². The van der Waals surface area contributed by atoms with Crippen LogP contribution in [0.2, 0.25) is 0 Å². The normalized spacial score (nSPS) is 18.2. The van der Waals surface area contributed by atoms with Crippen LogP contribution in [0.25, 0.3) is 10.9 Å². The Morgan fingerprint density at radius 3 is 2.85 bits per heavy atom. The van der Waals surface area contributed by atoms with E-state index < -0.39 is 18.1 Å². The van der Waals surface area contributed by atoms with Gasteiger partial charge in [0.25, 0.3) is 5.56 Å². The van der Waals surface area contributed by atoms with Crippen LogP contribution in [0.5, 0.6) is 0 Å². The molecule has 1 fully saturated rings. The van der Waals surface area contributed by atoms with Gasteiger partial charge in [-0.25, -0.2) is 9.78 Å². The molecule has 0 saturated carbocycles. The molecule has 1 saturated heterocycles. The third-order valence-corrected chi connectivity index (χ3v) is 4.96. The van der Waals surface area contributed by atoms with E-state index in [9.17, 15) is 19.5 Å². The van der Waals surface area contributed by atoms with Crippen LogP contribution < -0.4 is 5.56 Å². The van der Waals surface area contributed by atoms with Crippen LogP contribution in [0.15, 0.2) is 35.4 Å². The number of likely N-dealkylation sites (tertiary alicyclic amines) is 1. The third-order valence-electron chi connectivity index (χ3n) is 4.96. The zero-order valence-corrected chi connectivity index (χ0v) is 14.8. The van der Waals surface area contributed by atoms with E-state index >= 15 is 0 Å². The smallest absolute Gasteiger partial charge is 0.326 e. The zero-order chi connectivity index (χ0) is 18.7. The predicted octanol–water partition coefficient (Wildman–Crippen LogP) is 2.20. The summed E-state index contributed by atoms with van der Waals surface area (Å²) >= 11 is 0. The molecule has 1 aliphatic rings. The molecule has 2 atom stereocenters. The quantitative estimate of drug-likeness (QED) is 0.855. The third kappa shape index (κ3) is 3.34. The van der Waals surface area contributed by atoms with E-state index in [1.54, 1.807) is 24.3 Å². The number of hydrogen-bond donors (Lipinski definition) is 1. The summed E-state index contributed by atoms with van der Waals surface area (Å²) in [5, 5.41) is 9.84. The minimum atomic E-state index is -0.992. The Bertz CT molecular complexity index is 876. The van der Waals surface area contributed by atoms with Gasteiger partial charge in [-0.2, -0.15) is 0 Å². The molecule has 2 aromatic rings. The maximum Gasteiger partial charge on any atom is 0.326 e. The van der Waals surface area contributed by atoms with Crippen LogP contribution >= 0.6 is 0 Å². The van der Waals surface area contributed by atoms with Crippen LogP contribution in [0.3, 0.4) is 0 Å². The van der Waals surface area contributed by atoms with E-state index in [2.05, 4.69) is 4.98 Å². The van der Waals surface area contributed by atoms with Crippen LogP contribution in [0, 0.1) is 0 Å². The van der Waals surface area contributed by atoms with Gasteiger partial charge in [0.05, 0.1) is 17.2 Å². The highest BCUT2D eigenvalue weighted by molar-refractivity contribution is 5.87. The molecule has 1 N–H and O–H groups in total. The lowest BCUT2D eigenvalue weighted by molar-refractivity contribution is -0.149. The maximum absolute atomic E-state index is 13.1. The second-order valence-corrected chi connectivity index (χ2v) is 6.66. The van der Waals surface area contributed by atoms with Crippen LogP contribution in [0.4, 0.5) is 0 Å². The van der Waals surface area contributed by atoms with E-state index in [1.807, 2.05) is 6.92 Å². The van der Waals surface area contributed by atoms with E-state index in [1.165, 1.54) is 15.8 Å². The molecule has 1 aliphatic heterocycles. The van der Waals surface area contributed by atoms with Crippen molar-refractivity contribution in [3.63, 3.8) is 0 Å². The summed E-state index contributed by atoms with van der Waals surface area (Å²) in [6.45, 7) is 2.42. The van der Waals surface area contributed by atoms with Gasteiger partial charge in [-0.3, -0.25) is 14.2 Å². The molecule has 0 radical (unpaired) electrons. The van der Waals surface area contributed by atoms with Crippen molar-refractivity contribution < 1.29 is 14.7 Å². The highest BCUT2D eigenvalue weighted by Crippen LogP contribution is 2.24. The minimum absolute atomic E-state index is 0.267. The fraction of sp³-hybridized carbons (Fsp3) is 0.474. The first-order valence-corrected chi connectivity index (χ1v) is 9.03. The monoisotopic (exact) mass is 357 g/mol. The first kappa shape index (κ1) is 18.1. The highest BCUT2D eigenvalue weighted by Gasteiger charge is 2.37.